The average Bonchev–Trinajstić information content (AvgIpc) is 2.32. The van der Waals surface area contributed by atoms with E-state index in [0.29, 0.717) is 0 Å². The maximum absolute atomic E-state index is 12.7. The third kappa shape index (κ3) is 3.92. The van der Waals surface area contributed by atoms with Crippen molar-refractivity contribution in [3.05, 3.63) is 71.6 Å². The Morgan fingerprint density at radius 1 is 1.06 bits per heavy atom. The van der Waals surface area contributed by atoms with Crippen LogP contribution in [0.3, 0.4) is 0 Å². The molecule has 0 aliphatic carbocycles. The lowest BCUT2D eigenvalue weighted by Gasteiger charge is -1.90. The molecule has 0 N–H and O–H groups in total. The van der Waals surface area contributed by atoms with Crippen molar-refractivity contribution in [3.63, 3.8) is 0 Å². The fraction of sp³-hybridized carbons (Fsp3) is 0. The maximum Gasteiger partial charge on any atom is 0.358 e. The number of hydrogen-bond acceptors (Lipinski definition) is 2. The zero-order chi connectivity index (χ0) is 12.3. The summed E-state index contributed by atoms with van der Waals surface area (Å²) in [5.41, 5.74) is 0.101. The minimum atomic E-state index is -0.498. The summed E-state index contributed by atoms with van der Waals surface area (Å²) in [6.45, 7) is 0. The van der Waals surface area contributed by atoms with E-state index in [0.717, 1.165) is 7.14 Å². The molecule has 2 rings (SSSR count). The third-order valence-electron chi connectivity index (χ3n) is 2.04. The molecule has 94 valence electrons. The fourth-order valence-electron chi connectivity index (χ4n) is 1.27. The van der Waals surface area contributed by atoms with Gasteiger partial charge in [0.2, 0.25) is 3.57 Å². The van der Waals surface area contributed by atoms with Gasteiger partial charge in [-0.1, -0.05) is 6.07 Å². The van der Waals surface area contributed by atoms with Gasteiger partial charge < -0.3 is 12.4 Å². The van der Waals surface area contributed by atoms with Crippen molar-refractivity contribution < 1.29 is 42.9 Å². The van der Waals surface area contributed by atoms with Crippen molar-refractivity contribution in [1.82, 2.24) is 0 Å². The average molecular weight is 380 g/mol. The summed E-state index contributed by atoms with van der Waals surface area (Å²) in [5.74, 6) is -0.267. The van der Waals surface area contributed by atoms with E-state index in [-0.39, 0.29) is 23.9 Å². The van der Waals surface area contributed by atoms with Gasteiger partial charge in [0.05, 0.1) is 11.0 Å². The Balaban J connectivity index is 0.00000162. The van der Waals surface area contributed by atoms with Gasteiger partial charge in [-0.3, -0.25) is 10.1 Å². The first-order valence-corrected chi connectivity index (χ1v) is 6.96. The third-order valence-corrected chi connectivity index (χ3v) is 4.68. The molecule has 0 saturated carbocycles. The molecule has 0 amide bonds. The van der Waals surface area contributed by atoms with Gasteiger partial charge in [0, 0.05) is 6.07 Å². The van der Waals surface area contributed by atoms with Gasteiger partial charge in [-0.2, -0.15) is 0 Å². The maximum atomic E-state index is 12.7. The first-order valence-electron chi connectivity index (χ1n) is 4.80. The molecule has 0 heterocycles. The van der Waals surface area contributed by atoms with Crippen LogP contribution in [0.15, 0.2) is 48.5 Å². The molecule has 18 heavy (non-hydrogen) atoms. The van der Waals surface area contributed by atoms with E-state index in [2.05, 4.69) is 0 Å². The molecular formula is C12H8ClFINO2. The van der Waals surface area contributed by atoms with Gasteiger partial charge in [-0.25, -0.2) is 4.39 Å². The lowest BCUT2D eigenvalue weighted by molar-refractivity contribution is -0.597. The molecule has 2 aromatic rings. The SMILES string of the molecule is O=[N+]([O-])c1cccc([I+]c2ccc(F)cc2)c1.[Cl-]. The molecule has 0 atom stereocenters. The highest BCUT2D eigenvalue weighted by molar-refractivity contribution is 5.27. The number of nitro groups is 1. The lowest BCUT2D eigenvalue weighted by Crippen LogP contribution is -3.61. The zero-order valence-corrected chi connectivity index (χ0v) is 11.9. The van der Waals surface area contributed by atoms with Crippen LogP contribution in [0.4, 0.5) is 10.1 Å². The van der Waals surface area contributed by atoms with Gasteiger partial charge in [0.1, 0.15) is 5.82 Å². The summed E-state index contributed by atoms with van der Waals surface area (Å²) >= 11 is -0.498. The van der Waals surface area contributed by atoms with Gasteiger partial charge >= 0.3 is 21.2 Å². The number of nitrogens with zero attached hydrogens (tertiary/aromatic N) is 1. The normalized spacial score (nSPS) is 9.61. The van der Waals surface area contributed by atoms with Crippen LogP contribution < -0.4 is 33.6 Å². The number of rotatable bonds is 3. The van der Waals surface area contributed by atoms with Gasteiger partial charge in [-0.15, -0.1) is 0 Å². The van der Waals surface area contributed by atoms with E-state index in [1.54, 1.807) is 24.3 Å². The molecule has 0 unspecified atom stereocenters. The predicted octanol–water partition coefficient (Wildman–Crippen LogP) is -3.13. The van der Waals surface area contributed by atoms with Crippen LogP contribution in [-0.4, -0.2) is 4.92 Å². The molecule has 3 nitrogen and oxygen atoms in total. The van der Waals surface area contributed by atoms with Crippen LogP contribution in [0.5, 0.6) is 0 Å². The van der Waals surface area contributed by atoms with E-state index in [1.807, 2.05) is 6.07 Å². The molecule has 0 spiro atoms. The van der Waals surface area contributed by atoms with Crippen molar-refractivity contribution in [3.8, 4) is 0 Å². The number of benzene rings is 2. The second-order valence-electron chi connectivity index (χ2n) is 3.27. The number of halogens is 3. The van der Waals surface area contributed by atoms with E-state index in [4.69, 9.17) is 0 Å². The highest BCUT2D eigenvalue weighted by Crippen LogP contribution is 2.07. The van der Waals surface area contributed by atoms with Gasteiger partial charge in [-0.05, 0) is 30.3 Å². The number of non-ortho nitro benzene ring substituents is 1. The van der Waals surface area contributed by atoms with Crippen LogP contribution >= 0.6 is 0 Å². The summed E-state index contributed by atoms with van der Waals surface area (Å²) in [6.07, 6.45) is 0. The monoisotopic (exact) mass is 379 g/mol. The second kappa shape index (κ2) is 6.65. The highest BCUT2D eigenvalue weighted by atomic mass is 127. The summed E-state index contributed by atoms with van der Waals surface area (Å²) in [7, 11) is 0. The fourth-order valence-corrected chi connectivity index (χ4v) is 3.57. The molecule has 0 saturated heterocycles. The van der Waals surface area contributed by atoms with E-state index >= 15 is 0 Å². The first kappa shape index (κ1) is 14.8. The van der Waals surface area contributed by atoms with Crippen molar-refractivity contribution in [1.29, 1.82) is 0 Å². The Morgan fingerprint density at radius 2 is 1.72 bits per heavy atom. The minimum Gasteiger partial charge on any atom is -1.00 e. The molecule has 0 radical (unpaired) electrons. The van der Waals surface area contributed by atoms with Crippen LogP contribution in [0.25, 0.3) is 0 Å². The largest absolute Gasteiger partial charge is 1.00 e. The van der Waals surface area contributed by atoms with E-state index < -0.39 is 26.1 Å². The summed E-state index contributed by atoms with van der Waals surface area (Å²) < 4.78 is 14.7. The first-order chi connectivity index (χ1) is 8.15. The molecule has 0 aliphatic rings. The minimum absolute atomic E-state index is 0. The summed E-state index contributed by atoms with van der Waals surface area (Å²) in [5, 5.41) is 10.6. The Morgan fingerprint density at radius 3 is 2.33 bits per heavy atom. The van der Waals surface area contributed by atoms with Crippen LogP contribution in [0.2, 0.25) is 0 Å². The van der Waals surface area contributed by atoms with Crippen molar-refractivity contribution in [2.45, 2.75) is 0 Å². The molecule has 6 heteroatoms. The van der Waals surface area contributed by atoms with E-state index in [9.17, 15) is 14.5 Å². The quantitative estimate of drug-likeness (QED) is 0.322. The predicted molar refractivity (Wildman–Crippen MR) is 56.9 cm³/mol. The molecular weight excluding hydrogens is 371 g/mol. The Bertz CT molecular complexity index is 548. The van der Waals surface area contributed by atoms with Crippen molar-refractivity contribution >= 4 is 5.69 Å². The van der Waals surface area contributed by atoms with Crippen molar-refractivity contribution in [2.75, 3.05) is 0 Å². The molecule has 0 bridgehead atoms. The van der Waals surface area contributed by atoms with Crippen LogP contribution in [0, 0.1) is 23.1 Å². The Kier molecular flexibility index (Phi) is 5.49. The Hall–Kier alpha value is -1.21. The number of nitro benzene ring substituents is 1. The molecule has 0 aromatic heterocycles. The topological polar surface area (TPSA) is 43.1 Å². The van der Waals surface area contributed by atoms with Gasteiger partial charge in [0.25, 0.3) is 5.69 Å². The standard InChI is InChI=1S/C12H8FINO2.ClH/c13-9-4-6-10(7-5-9)14-11-2-1-3-12(8-11)15(16)17;/h1-8H;1H/q+1;/p-1. The highest BCUT2D eigenvalue weighted by Gasteiger charge is 2.18. The summed E-state index contributed by atoms with van der Waals surface area (Å²) in [6, 6.07) is 12.9. The Labute approximate surface area is 120 Å². The smallest absolute Gasteiger partial charge is 0.358 e. The van der Waals surface area contributed by atoms with Gasteiger partial charge in [0.15, 0.2) is 3.57 Å². The zero-order valence-electron chi connectivity index (χ0n) is 9.02. The molecule has 2 aromatic carbocycles. The number of hydrogen-bond donors (Lipinski definition) is 0. The van der Waals surface area contributed by atoms with Crippen molar-refractivity contribution in [2.24, 2.45) is 0 Å². The second-order valence-corrected chi connectivity index (χ2v) is 6.30. The molecule has 0 aliphatic heterocycles. The van der Waals surface area contributed by atoms with Crippen LogP contribution in [0.1, 0.15) is 0 Å². The summed E-state index contributed by atoms with van der Waals surface area (Å²) in [4.78, 5) is 10.2. The van der Waals surface area contributed by atoms with E-state index in [1.165, 1.54) is 18.2 Å². The molecule has 0 fully saturated rings. The lowest BCUT2D eigenvalue weighted by atomic mass is 10.3. The van der Waals surface area contributed by atoms with Crippen LogP contribution in [-0.2, 0) is 0 Å².